The molecule has 194 valence electrons. The van der Waals surface area contributed by atoms with Crippen LogP contribution in [0.3, 0.4) is 0 Å². The van der Waals surface area contributed by atoms with Crippen molar-refractivity contribution in [2.75, 3.05) is 38.2 Å². The van der Waals surface area contributed by atoms with Crippen LogP contribution in [0, 0.1) is 6.92 Å². The maximum absolute atomic E-state index is 12.9. The second-order valence-electron chi connectivity index (χ2n) is 8.65. The number of para-hydroxylation sites is 1. The van der Waals surface area contributed by atoms with Gasteiger partial charge in [-0.3, -0.25) is 24.1 Å². The Kier molecular flexibility index (Phi) is 8.50. The van der Waals surface area contributed by atoms with Crippen LogP contribution in [0.2, 0.25) is 0 Å². The van der Waals surface area contributed by atoms with Gasteiger partial charge in [-0.1, -0.05) is 24.3 Å². The van der Waals surface area contributed by atoms with Gasteiger partial charge in [0.05, 0.1) is 11.5 Å². The van der Waals surface area contributed by atoms with E-state index in [1.54, 1.807) is 41.3 Å². The number of carbonyl (C=O) groups excluding carboxylic acids is 4. The Morgan fingerprint density at radius 1 is 1.05 bits per heavy atom. The molecule has 0 aromatic heterocycles. The largest absolute Gasteiger partial charge is 0.490 e. The third-order valence-corrected chi connectivity index (χ3v) is 6.88. The van der Waals surface area contributed by atoms with Crippen molar-refractivity contribution in [1.29, 1.82) is 0 Å². The molecule has 0 spiro atoms. The van der Waals surface area contributed by atoms with Crippen molar-refractivity contribution in [3.8, 4) is 11.5 Å². The number of anilines is 1. The van der Waals surface area contributed by atoms with Gasteiger partial charge in [-0.05, 0) is 73.9 Å². The number of nitrogens with zero attached hydrogens (tertiary/aromatic N) is 2. The number of imide groups is 1. The predicted molar refractivity (Wildman–Crippen MR) is 141 cm³/mol. The Morgan fingerprint density at radius 2 is 1.81 bits per heavy atom. The number of ether oxygens (including phenoxy) is 2. The normalized spacial score (nSPS) is 16.4. The summed E-state index contributed by atoms with van der Waals surface area (Å²) >= 11 is 0.776. The maximum atomic E-state index is 12.9. The van der Waals surface area contributed by atoms with E-state index in [-0.39, 0.29) is 24.0 Å². The fraction of sp³-hybridized carbons (Fsp3) is 0.333. The lowest BCUT2D eigenvalue weighted by molar-refractivity contribution is -0.132. The Labute approximate surface area is 219 Å². The molecule has 2 aliphatic heterocycles. The molecule has 2 aromatic carbocycles. The molecule has 0 unspecified atom stereocenters. The van der Waals surface area contributed by atoms with Gasteiger partial charge in [0.2, 0.25) is 5.91 Å². The quantitative estimate of drug-likeness (QED) is 0.494. The summed E-state index contributed by atoms with van der Waals surface area (Å²) in [5.41, 5.74) is 2.13. The van der Waals surface area contributed by atoms with Crippen LogP contribution in [-0.2, 0) is 14.4 Å². The summed E-state index contributed by atoms with van der Waals surface area (Å²) in [7, 11) is 0. The maximum Gasteiger partial charge on any atom is 0.294 e. The average molecular weight is 524 g/mol. The first-order valence-corrected chi connectivity index (χ1v) is 13.0. The van der Waals surface area contributed by atoms with Crippen molar-refractivity contribution in [3.63, 3.8) is 0 Å². The fourth-order valence-corrected chi connectivity index (χ4v) is 4.87. The van der Waals surface area contributed by atoms with Crippen LogP contribution in [0.5, 0.6) is 11.5 Å². The molecule has 10 heteroatoms. The highest BCUT2D eigenvalue weighted by Gasteiger charge is 2.36. The summed E-state index contributed by atoms with van der Waals surface area (Å²) in [5.74, 6) is -0.204. The van der Waals surface area contributed by atoms with E-state index in [9.17, 15) is 19.2 Å². The summed E-state index contributed by atoms with van der Waals surface area (Å²) in [4.78, 5) is 53.1. The summed E-state index contributed by atoms with van der Waals surface area (Å²) in [6.45, 7) is 5.12. The number of benzene rings is 2. The number of likely N-dealkylation sites (tertiary alicyclic amines) is 1. The van der Waals surface area contributed by atoms with Gasteiger partial charge in [0.25, 0.3) is 17.1 Å². The molecule has 37 heavy (non-hydrogen) atoms. The van der Waals surface area contributed by atoms with E-state index >= 15 is 0 Å². The number of carbonyl (C=O) groups is 4. The van der Waals surface area contributed by atoms with Crippen molar-refractivity contribution in [3.05, 3.63) is 58.5 Å². The van der Waals surface area contributed by atoms with Gasteiger partial charge in [0, 0.05) is 18.8 Å². The van der Waals surface area contributed by atoms with Gasteiger partial charge in [-0.25, -0.2) is 0 Å². The zero-order chi connectivity index (χ0) is 26.4. The number of aryl methyl sites for hydroxylation is 1. The summed E-state index contributed by atoms with van der Waals surface area (Å²) in [5, 5.41) is 2.22. The van der Waals surface area contributed by atoms with Crippen LogP contribution in [0.15, 0.2) is 47.4 Å². The first-order valence-electron chi connectivity index (χ1n) is 12.1. The minimum absolute atomic E-state index is 0.0656. The van der Waals surface area contributed by atoms with Crippen molar-refractivity contribution < 1.29 is 28.7 Å². The van der Waals surface area contributed by atoms with Crippen LogP contribution in [0.1, 0.15) is 30.9 Å². The van der Waals surface area contributed by atoms with E-state index in [0.29, 0.717) is 29.4 Å². The molecule has 9 nitrogen and oxygen atoms in total. The minimum Gasteiger partial charge on any atom is -0.490 e. The van der Waals surface area contributed by atoms with Crippen molar-refractivity contribution in [2.45, 2.75) is 26.7 Å². The Balaban J connectivity index is 1.42. The number of thioether (sulfide) groups is 1. The lowest BCUT2D eigenvalue weighted by atomic mass is 10.2. The molecule has 0 saturated carbocycles. The predicted octanol–water partition coefficient (Wildman–Crippen LogP) is 4.07. The SMILES string of the molecule is CCOc1cc(/C=C2\SC(=O)N(CC(=O)Nc3ccccc3C)C2=O)ccc1OCC(=O)N1CCCC1. The molecular formula is C27H29N3O6S. The first kappa shape index (κ1) is 26.3. The topological polar surface area (TPSA) is 105 Å². The van der Waals surface area contributed by atoms with Gasteiger partial charge in [0.1, 0.15) is 6.54 Å². The number of hydrogen-bond donors (Lipinski definition) is 1. The Bertz CT molecular complexity index is 1240. The molecule has 2 aliphatic rings. The summed E-state index contributed by atoms with van der Waals surface area (Å²) in [6, 6.07) is 12.4. The average Bonchev–Trinajstić information content (AvgIpc) is 3.50. The number of amides is 4. The van der Waals surface area contributed by atoms with Crippen LogP contribution >= 0.6 is 11.8 Å². The van der Waals surface area contributed by atoms with Crippen LogP contribution in [0.25, 0.3) is 6.08 Å². The van der Waals surface area contributed by atoms with Gasteiger partial charge in [0.15, 0.2) is 18.1 Å². The van der Waals surface area contributed by atoms with Crippen molar-refractivity contribution in [2.24, 2.45) is 0 Å². The molecule has 0 aliphatic carbocycles. The number of rotatable bonds is 9. The minimum atomic E-state index is -0.538. The molecule has 2 fully saturated rings. The first-order chi connectivity index (χ1) is 17.9. The van der Waals surface area contributed by atoms with E-state index in [0.717, 1.165) is 48.2 Å². The van der Waals surface area contributed by atoms with E-state index in [2.05, 4.69) is 5.32 Å². The zero-order valence-corrected chi connectivity index (χ0v) is 21.6. The molecule has 4 rings (SSSR count). The molecule has 0 atom stereocenters. The molecule has 0 bridgehead atoms. The molecule has 2 saturated heterocycles. The second-order valence-corrected chi connectivity index (χ2v) is 9.64. The monoisotopic (exact) mass is 523 g/mol. The lowest BCUT2D eigenvalue weighted by Gasteiger charge is -2.17. The Hall–Kier alpha value is -3.79. The fourth-order valence-electron chi connectivity index (χ4n) is 4.03. The smallest absolute Gasteiger partial charge is 0.294 e. The summed E-state index contributed by atoms with van der Waals surface area (Å²) in [6.07, 6.45) is 3.59. The van der Waals surface area contributed by atoms with E-state index in [4.69, 9.17) is 9.47 Å². The van der Waals surface area contributed by atoms with Crippen molar-refractivity contribution >= 4 is 46.5 Å². The second kappa shape index (κ2) is 12.0. The van der Waals surface area contributed by atoms with E-state index < -0.39 is 17.1 Å². The van der Waals surface area contributed by atoms with E-state index in [1.165, 1.54) is 0 Å². The molecular weight excluding hydrogens is 494 g/mol. The highest BCUT2D eigenvalue weighted by atomic mass is 32.2. The van der Waals surface area contributed by atoms with Gasteiger partial charge >= 0.3 is 0 Å². The number of nitrogens with one attached hydrogen (secondary N) is 1. The van der Waals surface area contributed by atoms with Gasteiger partial charge < -0.3 is 19.7 Å². The number of hydrogen-bond acceptors (Lipinski definition) is 7. The van der Waals surface area contributed by atoms with Crippen molar-refractivity contribution in [1.82, 2.24) is 9.80 Å². The molecule has 2 heterocycles. The molecule has 2 aromatic rings. The van der Waals surface area contributed by atoms with Gasteiger partial charge in [-0.15, -0.1) is 0 Å². The lowest BCUT2D eigenvalue weighted by Crippen LogP contribution is -2.36. The molecule has 1 N–H and O–H groups in total. The van der Waals surface area contributed by atoms with Gasteiger partial charge in [-0.2, -0.15) is 0 Å². The highest BCUT2D eigenvalue weighted by molar-refractivity contribution is 8.18. The Morgan fingerprint density at radius 3 is 2.54 bits per heavy atom. The third-order valence-electron chi connectivity index (χ3n) is 5.97. The highest BCUT2D eigenvalue weighted by Crippen LogP contribution is 2.34. The van der Waals surface area contributed by atoms with Crippen LogP contribution in [-0.4, -0.2) is 65.6 Å². The van der Waals surface area contributed by atoms with Crippen LogP contribution < -0.4 is 14.8 Å². The van der Waals surface area contributed by atoms with Crippen LogP contribution in [0.4, 0.5) is 10.5 Å². The van der Waals surface area contributed by atoms with E-state index in [1.807, 2.05) is 26.0 Å². The molecule has 0 radical (unpaired) electrons. The zero-order valence-electron chi connectivity index (χ0n) is 20.8. The summed E-state index contributed by atoms with van der Waals surface area (Å²) < 4.78 is 11.4. The molecule has 4 amide bonds. The standard InChI is InChI=1S/C27H29N3O6S/c1-3-35-22-14-19(10-11-21(22)36-17-25(32)29-12-6-7-13-29)15-23-26(33)30(27(34)37-23)16-24(31)28-20-9-5-4-8-18(20)2/h4-5,8-11,14-15H,3,6-7,12-13,16-17H2,1-2H3,(H,28,31)/b23-15-. The third kappa shape index (κ3) is 6.51.